The number of halogens is 6. The molecule has 0 radical (unpaired) electrons. The van der Waals surface area contributed by atoms with Gasteiger partial charge in [0.1, 0.15) is 5.75 Å². The Labute approximate surface area is 149 Å². The standard InChI is InChI=1S/C16H13F6N3O2/c1-27-12-7-3-2-6-11(12)24-14(15(17,18)19,16(20,21)22)25-13(26)10-5-4-8-23-9-10/h2-9,24H,1H3,(H,25,26). The number of hydrogen-bond acceptors (Lipinski definition) is 4. The number of hydrogen-bond donors (Lipinski definition) is 2. The first-order valence-corrected chi connectivity index (χ1v) is 7.29. The van der Waals surface area contributed by atoms with Crippen molar-refractivity contribution < 1.29 is 35.9 Å². The number of methoxy groups -OCH3 is 1. The third-order valence-corrected chi connectivity index (χ3v) is 3.50. The van der Waals surface area contributed by atoms with Crippen LogP contribution in [0.4, 0.5) is 32.0 Å². The van der Waals surface area contributed by atoms with Crippen LogP contribution < -0.4 is 15.4 Å². The van der Waals surface area contributed by atoms with E-state index >= 15 is 0 Å². The Balaban J connectivity index is 2.55. The summed E-state index contributed by atoms with van der Waals surface area (Å²) in [6.07, 6.45) is -9.82. The van der Waals surface area contributed by atoms with Gasteiger partial charge in [0.25, 0.3) is 5.91 Å². The average Bonchev–Trinajstić information content (AvgIpc) is 2.60. The molecule has 0 aliphatic rings. The number of alkyl halides is 6. The molecule has 1 aromatic heterocycles. The number of nitrogens with zero attached hydrogens (tertiary/aromatic N) is 1. The van der Waals surface area contributed by atoms with E-state index in [9.17, 15) is 31.1 Å². The van der Waals surface area contributed by atoms with E-state index in [1.807, 2.05) is 0 Å². The zero-order valence-electron chi connectivity index (χ0n) is 13.7. The predicted molar refractivity (Wildman–Crippen MR) is 83.2 cm³/mol. The topological polar surface area (TPSA) is 63.2 Å². The molecule has 2 rings (SSSR count). The van der Waals surface area contributed by atoms with Crippen LogP contribution in [0.2, 0.25) is 0 Å². The molecule has 1 heterocycles. The summed E-state index contributed by atoms with van der Waals surface area (Å²) in [6.45, 7) is 0. The molecule has 0 atom stereocenters. The van der Waals surface area contributed by atoms with Gasteiger partial charge in [-0.05, 0) is 24.3 Å². The number of pyridine rings is 1. The Hall–Kier alpha value is -2.98. The second-order valence-corrected chi connectivity index (χ2v) is 5.27. The Morgan fingerprint density at radius 3 is 2.15 bits per heavy atom. The largest absolute Gasteiger partial charge is 0.495 e. The van der Waals surface area contributed by atoms with Crippen molar-refractivity contribution in [2.24, 2.45) is 0 Å². The highest BCUT2D eigenvalue weighted by Crippen LogP contribution is 2.44. The lowest BCUT2D eigenvalue weighted by molar-refractivity contribution is -0.294. The summed E-state index contributed by atoms with van der Waals surface area (Å²) in [5.74, 6) is -1.88. The zero-order chi connectivity index (χ0) is 20.3. The Morgan fingerprint density at radius 1 is 1.00 bits per heavy atom. The van der Waals surface area contributed by atoms with Gasteiger partial charge >= 0.3 is 18.0 Å². The van der Waals surface area contributed by atoms with Crippen LogP contribution in [0.25, 0.3) is 0 Å². The summed E-state index contributed by atoms with van der Waals surface area (Å²) in [7, 11) is 1.08. The van der Waals surface area contributed by atoms with E-state index in [0.717, 1.165) is 30.8 Å². The molecule has 0 saturated carbocycles. The Morgan fingerprint density at radius 2 is 1.63 bits per heavy atom. The van der Waals surface area contributed by atoms with Crippen molar-refractivity contribution in [1.82, 2.24) is 10.3 Å². The van der Waals surface area contributed by atoms with Gasteiger partial charge in [-0.2, -0.15) is 26.3 Å². The van der Waals surface area contributed by atoms with Crippen molar-refractivity contribution in [3.05, 3.63) is 54.4 Å². The van der Waals surface area contributed by atoms with Gasteiger partial charge in [-0.1, -0.05) is 12.1 Å². The second-order valence-electron chi connectivity index (χ2n) is 5.27. The smallest absolute Gasteiger partial charge is 0.439 e. The number of para-hydroxylation sites is 2. The minimum atomic E-state index is -5.94. The molecular weight excluding hydrogens is 380 g/mol. The fraction of sp³-hybridized carbons (Fsp3) is 0.250. The summed E-state index contributed by atoms with van der Waals surface area (Å²) < 4.78 is 86.5. The molecule has 1 amide bonds. The van der Waals surface area contributed by atoms with Gasteiger partial charge in [-0.25, -0.2) is 0 Å². The molecule has 5 nitrogen and oxygen atoms in total. The molecule has 2 aromatic rings. The minimum absolute atomic E-state index is 0.272. The fourth-order valence-corrected chi connectivity index (χ4v) is 2.16. The van der Waals surface area contributed by atoms with Crippen LogP contribution in [0.1, 0.15) is 10.4 Å². The summed E-state index contributed by atoms with van der Waals surface area (Å²) in [5, 5.41) is 2.40. The van der Waals surface area contributed by atoms with E-state index < -0.39 is 35.2 Å². The second kappa shape index (κ2) is 7.33. The number of ether oxygens (including phenoxy) is 1. The number of anilines is 1. The van der Waals surface area contributed by atoms with Crippen LogP contribution in [-0.2, 0) is 0 Å². The van der Waals surface area contributed by atoms with Gasteiger partial charge in [0.05, 0.1) is 18.4 Å². The van der Waals surface area contributed by atoms with Gasteiger partial charge in [0, 0.05) is 12.4 Å². The van der Waals surface area contributed by atoms with Gasteiger partial charge in [0.15, 0.2) is 0 Å². The lowest BCUT2D eigenvalue weighted by Crippen LogP contribution is -2.72. The molecule has 0 aliphatic heterocycles. The van der Waals surface area contributed by atoms with Crippen molar-refractivity contribution in [3.63, 3.8) is 0 Å². The monoisotopic (exact) mass is 393 g/mol. The summed E-state index contributed by atoms with van der Waals surface area (Å²) in [6, 6.07) is 6.94. The van der Waals surface area contributed by atoms with Crippen LogP contribution in [0, 0.1) is 0 Å². The van der Waals surface area contributed by atoms with Crippen molar-refractivity contribution in [3.8, 4) is 5.75 Å². The molecule has 2 N–H and O–H groups in total. The van der Waals surface area contributed by atoms with E-state index in [2.05, 4.69) is 4.98 Å². The fourth-order valence-electron chi connectivity index (χ4n) is 2.16. The van der Waals surface area contributed by atoms with E-state index in [1.165, 1.54) is 35.8 Å². The Bertz CT molecular complexity index is 779. The maximum Gasteiger partial charge on any atom is 0.439 e. The molecule has 0 saturated heterocycles. The van der Waals surface area contributed by atoms with Crippen LogP contribution in [0.3, 0.4) is 0 Å². The molecule has 27 heavy (non-hydrogen) atoms. The predicted octanol–water partition coefficient (Wildman–Crippen LogP) is 3.75. The van der Waals surface area contributed by atoms with Crippen LogP contribution in [0.5, 0.6) is 5.75 Å². The molecule has 0 aliphatic carbocycles. The highest BCUT2D eigenvalue weighted by atomic mass is 19.4. The lowest BCUT2D eigenvalue weighted by Gasteiger charge is -2.39. The van der Waals surface area contributed by atoms with Gasteiger partial charge in [0.2, 0.25) is 0 Å². The lowest BCUT2D eigenvalue weighted by atomic mass is 10.1. The number of carbonyl (C=O) groups is 1. The molecular formula is C16H13F6N3O2. The van der Waals surface area contributed by atoms with E-state index in [1.54, 1.807) is 0 Å². The molecule has 1 aromatic carbocycles. The zero-order valence-corrected chi connectivity index (χ0v) is 13.7. The third kappa shape index (κ3) is 4.07. The summed E-state index contributed by atoms with van der Waals surface area (Å²) in [5.41, 5.74) is -5.85. The normalized spacial score (nSPS) is 12.4. The van der Waals surface area contributed by atoms with E-state index in [0.29, 0.717) is 0 Å². The van der Waals surface area contributed by atoms with Crippen molar-refractivity contribution in [2.45, 2.75) is 18.0 Å². The number of rotatable bonds is 5. The van der Waals surface area contributed by atoms with Gasteiger partial charge in [-0.15, -0.1) is 0 Å². The van der Waals surface area contributed by atoms with Gasteiger partial charge < -0.3 is 15.4 Å². The first-order valence-electron chi connectivity index (χ1n) is 7.29. The number of nitrogens with one attached hydrogen (secondary N) is 2. The van der Waals surface area contributed by atoms with E-state index in [4.69, 9.17) is 4.74 Å². The van der Waals surface area contributed by atoms with Gasteiger partial charge in [-0.3, -0.25) is 9.78 Å². The summed E-state index contributed by atoms with van der Waals surface area (Å²) >= 11 is 0. The quantitative estimate of drug-likeness (QED) is 0.600. The first kappa shape index (κ1) is 20.3. The van der Waals surface area contributed by atoms with Crippen LogP contribution in [-0.4, -0.2) is 36.0 Å². The third-order valence-electron chi connectivity index (χ3n) is 3.50. The SMILES string of the molecule is COc1ccccc1NC(NC(=O)c1cccnc1)(C(F)(F)F)C(F)(F)F. The molecule has 0 bridgehead atoms. The maximum atomic E-state index is 13.6. The number of carbonyl (C=O) groups excluding carboxylic acids is 1. The number of amides is 1. The molecule has 146 valence electrons. The van der Waals surface area contributed by atoms with Crippen molar-refractivity contribution in [2.75, 3.05) is 12.4 Å². The molecule has 0 unspecified atom stereocenters. The van der Waals surface area contributed by atoms with E-state index in [-0.39, 0.29) is 5.75 Å². The molecule has 0 spiro atoms. The number of aromatic nitrogens is 1. The van der Waals surface area contributed by atoms with Crippen LogP contribution in [0.15, 0.2) is 48.8 Å². The maximum absolute atomic E-state index is 13.6. The van der Waals surface area contributed by atoms with Crippen molar-refractivity contribution >= 4 is 11.6 Å². The minimum Gasteiger partial charge on any atom is -0.495 e. The van der Waals surface area contributed by atoms with Crippen molar-refractivity contribution in [1.29, 1.82) is 0 Å². The summed E-state index contributed by atoms with van der Waals surface area (Å²) in [4.78, 5) is 15.6. The number of benzene rings is 1. The highest BCUT2D eigenvalue weighted by molar-refractivity contribution is 5.94. The molecule has 0 fully saturated rings. The molecule has 11 heteroatoms. The Kier molecular flexibility index (Phi) is 5.52. The van der Waals surface area contributed by atoms with Crippen LogP contribution >= 0.6 is 0 Å². The highest BCUT2D eigenvalue weighted by Gasteiger charge is 2.72. The average molecular weight is 393 g/mol. The first-order chi connectivity index (χ1) is 12.5.